The van der Waals surface area contributed by atoms with Crippen LogP contribution in [0.2, 0.25) is 0 Å². The van der Waals surface area contributed by atoms with Crippen molar-refractivity contribution in [3.8, 4) is 0 Å². The molecule has 0 aliphatic heterocycles. The predicted octanol–water partition coefficient (Wildman–Crippen LogP) is 3.49. The lowest BCUT2D eigenvalue weighted by molar-refractivity contribution is -0.125. The van der Waals surface area contributed by atoms with Crippen LogP contribution >= 0.6 is 0 Å². The average Bonchev–Trinajstić information content (AvgIpc) is 2.39. The van der Waals surface area contributed by atoms with Crippen LogP contribution in [-0.4, -0.2) is 10.9 Å². The first-order valence-corrected chi connectivity index (χ1v) is 5.86. The van der Waals surface area contributed by atoms with Gasteiger partial charge in [0.25, 0.3) is 0 Å². The first-order valence-electron chi connectivity index (χ1n) is 5.86. The van der Waals surface area contributed by atoms with Crippen LogP contribution in [0.15, 0.2) is 42.5 Å². The first-order chi connectivity index (χ1) is 8.20. The summed E-state index contributed by atoms with van der Waals surface area (Å²) in [5.41, 5.74) is 0.681. The fourth-order valence-corrected chi connectivity index (χ4v) is 1.71. The largest absolute Gasteiger partial charge is 0.381 e. The Bertz CT molecular complexity index is 498. The number of benzene rings is 2. The van der Waals surface area contributed by atoms with E-state index in [9.17, 15) is 9.90 Å². The van der Waals surface area contributed by atoms with Gasteiger partial charge in [-0.25, -0.2) is 0 Å². The van der Waals surface area contributed by atoms with Gasteiger partial charge < -0.3 is 5.11 Å². The Morgan fingerprint density at radius 3 is 2.29 bits per heavy atom. The number of fused-ring (bicyclic) bond motifs is 1. The summed E-state index contributed by atoms with van der Waals surface area (Å²) in [6.07, 6.45) is -1.02. The molecular formula is C15H18O2. The minimum Gasteiger partial charge on any atom is -0.381 e. The van der Waals surface area contributed by atoms with E-state index in [-0.39, 0.29) is 5.78 Å². The quantitative estimate of drug-likeness (QED) is 0.857. The molecule has 0 bridgehead atoms. The van der Waals surface area contributed by atoms with Gasteiger partial charge in [0.15, 0.2) is 5.78 Å². The Morgan fingerprint density at radius 1 is 1.06 bits per heavy atom. The van der Waals surface area contributed by atoms with Gasteiger partial charge in [-0.1, -0.05) is 56.3 Å². The molecule has 0 fully saturated rings. The number of rotatable bonds is 2. The second kappa shape index (κ2) is 6.16. The third-order valence-electron chi connectivity index (χ3n) is 2.50. The molecule has 0 aliphatic rings. The predicted molar refractivity (Wildman–Crippen MR) is 70.9 cm³/mol. The highest BCUT2D eigenvalue weighted by Crippen LogP contribution is 2.24. The van der Waals surface area contributed by atoms with Crippen molar-refractivity contribution >= 4 is 16.6 Å². The van der Waals surface area contributed by atoms with Gasteiger partial charge in [0.05, 0.1) is 0 Å². The Hall–Kier alpha value is -1.67. The summed E-state index contributed by atoms with van der Waals surface area (Å²) < 4.78 is 0. The van der Waals surface area contributed by atoms with E-state index < -0.39 is 6.10 Å². The zero-order valence-corrected chi connectivity index (χ0v) is 10.5. The van der Waals surface area contributed by atoms with Crippen molar-refractivity contribution in [3.05, 3.63) is 48.0 Å². The van der Waals surface area contributed by atoms with E-state index in [2.05, 4.69) is 0 Å². The maximum absolute atomic E-state index is 11.1. The van der Waals surface area contributed by atoms with Crippen LogP contribution in [0.4, 0.5) is 0 Å². The summed E-state index contributed by atoms with van der Waals surface area (Å²) in [7, 11) is 0. The van der Waals surface area contributed by atoms with Gasteiger partial charge in [0.2, 0.25) is 0 Å². The first kappa shape index (κ1) is 13.4. The minimum absolute atomic E-state index is 0.230. The number of aliphatic hydroxyl groups is 1. The van der Waals surface area contributed by atoms with Gasteiger partial charge in [-0.05, 0) is 23.3 Å². The highest BCUT2D eigenvalue weighted by Gasteiger charge is 2.14. The highest BCUT2D eigenvalue weighted by atomic mass is 16.3. The Balaban J connectivity index is 0.000000686. The third-order valence-corrected chi connectivity index (χ3v) is 2.50. The van der Waals surface area contributed by atoms with Crippen molar-refractivity contribution in [3.63, 3.8) is 0 Å². The van der Waals surface area contributed by atoms with E-state index in [1.807, 2.05) is 50.2 Å². The van der Waals surface area contributed by atoms with E-state index in [0.29, 0.717) is 5.56 Å². The second-order valence-electron chi connectivity index (χ2n) is 3.58. The number of hydrogen-bond acceptors (Lipinski definition) is 2. The Labute approximate surface area is 102 Å². The van der Waals surface area contributed by atoms with E-state index >= 15 is 0 Å². The van der Waals surface area contributed by atoms with Crippen molar-refractivity contribution in [2.45, 2.75) is 26.9 Å². The maximum Gasteiger partial charge on any atom is 0.162 e. The molecule has 0 aromatic heterocycles. The number of carbonyl (C=O) groups excluding carboxylic acids is 1. The molecule has 90 valence electrons. The number of carbonyl (C=O) groups is 1. The van der Waals surface area contributed by atoms with Crippen molar-refractivity contribution in [1.29, 1.82) is 0 Å². The van der Waals surface area contributed by atoms with Gasteiger partial charge in [-0.2, -0.15) is 0 Å². The Morgan fingerprint density at radius 2 is 1.65 bits per heavy atom. The molecule has 0 saturated heterocycles. The van der Waals surface area contributed by atoms with Crippen LogP contribution in [0.1, 0.15) is 32.4 Å². The molecule has 0 saturated carbocycles. The fourth-order valence-electron chi connectivity index (χ4n) is 1.71. The van der Waals surface area contributed by atoms with Gasteiger partial charge in [-0.15, -0.1) is 0 Å². The van der Waals surface area contributed by atoms with Crippen molar-refractivity contribution in [2.75, 3.05) is 0 Å². The van der Waals surface area contributed by atoms with Gasteiger partial charge >= 0.3 is 0 Å². The summed E-state index contributed by atoms with van der Waals surface area (Å²) in [4.78, 5) is 11.1. The van der Waals surface area contributed by atoms with E-state index in [0.717, 1.165) is 10.8 Å². The molecule has 1 atom stereocenters. The molecule has 2 rings (SSSR count). The standard InChI is InChI=1S/C13H12O2.C2H6/c1-9(14)13(15)12-8-4-6-10-5-2-3-7-11(10)12;1-2/h2-8,13,15H,1H3;1-2H3. The van der Waals surface area contributed by atoms with Crippen LogP contribution in [0.5, 0.6) is 0 Å². The maximum atomic E-state index is 11.1. The number of Topliss-reactive ketones (excluding diaryl/α,β-unsaturated/α-hetero) is 1. The summed E-state index contributed by atoms with van der Waals surface area (Å²) in [6.45, 7) is 5.40. The molecule has 2 aromatic carbocycles. The van der Waals surface area contributed by atoms with Crippen LogP contribution in [-0.2, 0) is 4.79 Å². The number of ketones is 1. The molecular weight excluding hydrogens is 212 g/mol. The summed E-state index contributed by atoms with van der Waals surface area (Å²) in [6, 6.07) is 13.3. The summed E-state index contributed by atoms with van der Waals surface area (Å²) >= 11 is 0. The fraction of sp³-hybridized carbons (Fsp3) is 0.267. The second-order valence-corrected chi connectivity index (χ2v) is 3.58. The average molecular weight is 230 g/mol. The van der Waals surface area contributed by atoms with Crippen molar-refractivity contribution in [2.24, 2.45) is 0 Å². The lowest BCUT2D eigenvalue weighted by Gasteiger charge is -2.10. The van der Waals surface area contributed by atoms with Crippen LogP contribution in [0.25, 0.3) is 10.8 Å². The van der Waals surface area contributed by atoms with Crippen molar-refractivity contribution < 1.29 is 9.90 Å². The molecule has 17 heavy (non-hydrogen) atoms. The number of hydrogen-bond donors (Lipinski definition) is 1. The topological polar surface area (TPSA) is 37.3 Å². The summed E-state index contributed by atoms with van der Waals surface area (Å²) in [5, 5.41) is 11.7. The highest BCUT2D eigenvalue weighted by molar-refractivity contribution is 5.91. The minimum atomic E-state index is -1.02. The molecule has 2 nitrogen and oxygen atoms in total. The van der Waals surface area contributed by atoms with Crippen LogP contribution in [0, 0.1) is 0 Å². The Kier molecular flexibility index (Phi) is 4.85. The SMILES string of the molecule is CC.CC(=O)C(O)c1cccc2ccccc12. The van der Waals surface area contributed by atoms with Crippen LogP contribution < -0.4 is 0 Å². The van der Waals surface area contributed by atoms with E-state index in [4.69, 9.17) is 0 Å². The molecule has 2 aromatic rings. The van der Waals surface area contributed by atoms with Crippen LogP contribution in [0.3, 0.4) is 0 Å². The van der Waals surface area contributed by atoms with E-state index in [1.54, 1.807) is 6.07 Å². The zero-order chi connectivity index (χ0) is 12.8. The third kappa shape index (κ3) is 2.92. The van der Waals surface area contributed by atoms with Gasteiger partial charge in [0, 0.05) is 0 Å². The monoisotopic (exact) mass is 230 g/mol. The molecule has 0 amide bonds. The van der Waals surface area contributed by atoms with Crippen molar-refractivity contribution in [1.82, 2.24) is 0 Å². The lowest BCUT2D eigenvalue weighted by Crippen LogP contribution is -2.07. The summed E-state index contributed by atoms with van der Waals surface area (Å²) in [5.74, 6) is -0.230. The molecule has 1 N–H and O–H groups in total. The van der Waals surface area contributed by atoms with Gasteiger partial charge in [0.1, 0.15) is 6.10 Å². The van der Waals surface area contributed by atoms with Gasteiger partial charge in [-0.3, -0.25) is 4.79 Å². The molecule has 0 spiro atoms. The molecule has 1 unspecified atom stereocenters. The molecule has 2 heteroatoms. The number of aliphatic hydroxyl groups excluding tert-OH is 1. The molecule has 0 radical (unpaired) electrons. The smallest absolute Gasteiger partial charge is 0.162 e. The van der Waals surface area contributed by atoms with E-state index in [1.165, 1.54) is 6.92 Å². The zero-order valence-electron chi connectivity index (χ0n) is 10.5. The molecule has 0 heterocycles. The normalized spacial score (nSPS) is 11.5. The lowest BCUT2D eigenvalue weighted by atomic mass is 9.99. The molecule has 0 aliphatic carbocycles.